The molecule has 0 saturated carbocycles. The van der Waals surface area contributed by atoms with Gasteiger partial charge in [-0.25, -0.2) is 19.7 Å². The summed E-state index contributed by atoms with van der Waals surface area (Å²) in [5.41, 5.74) is 0.404. The molecule has 112 valence electrons. The number of aryl methyl sites for hydroxylation is 1. The van der Waals surface area contributed by atoms with Gasteiger partial charge in [0.25, 0.3) is 0 Å². The average molecular weight is 306 g/mol. The van der Waals surface area contributed by atoms with Crippen LogP contribution in [0.2, 0.25) is 0 Å². The van der Waals surface area contributed by atoms with Crippen molar-refractivity contribution >= 4 is 23.0 Å². The van der Waals surface area contributed by atoms with Gasteiger partial charge >= 0.3 is 5.97 Å². The zero-order valence-electron chi connectivity index (χ0n) is 12.4. The summed E-state index contributed by atoms with van der Waals surface area (Å²) in [6, 6.07) is -0.102. The Bertz CT molecular complexity index is 654. The normalized spacial score (nSPS) is 12.4. The van der Waals surface area contributed by atoms with Crippen molar-refractivity contribution in [1.82, 2.24) is 15.0 Å². The van der Waals surface area contributed by atoms with Crippen LogP contribution in [0.3, 0.4) is 0 Å². The quantitative estimate of drug-likeness (QED) is 0.881. The van der Waals surface area contributed by atoms with Crippen LogP contribution in [0.25, 0.3) is 0 Å². The number of hydrogen-bond donors (Lipinski definition) is 2. The van der Waals surface area contributed by atoms with Crippen LogP contribution in [-0.2, 0) is 0 Å². The lowest BCUT2D eigenvalue weighted by molar-refractivity contribution is 0.0691. The summed E-state index contributed by atoms with van der Waals surface area (Å²) in [6.07, 6.45) is 3.33. The number of anilines is 1. The summed E-state index contributed by atoms with van der Waals surface area (Å²) < 4.78 is 0. The fourth-order valence-corrected chi connectivity index (χ4v) is 2.59. The first kappa shape index (κ1) is 15.4. The summed E-state index contributed by atoms with van der Waals surface area (Å²) in [4.78, 5) is 25.1. The molecule has 1 atom stereocenters. The lowest BCUT2D eigenvalue weighted by atomic mass is 10.2. The summed E-state index contributed by atoms with van der Waals surface area (Å²) in [7, 11) is 0. The molecular weight excluding hydrogens is 288 g/mol. The minimum absolute atomic E-state index is 0.00571. The van der Waals surface area contributed by atoms with Crippen LogP contribution in [0, 0.1) is 6.92 Å². The standard InChI is InChI=1S/C14H18N4O2S/c1-7(2)12-15-6-10(11(18-12)14(19)20)17-9(4)13-16-5-8(3)21-13/h5-7,9,17H,1-4H3,(H,19,20). The van der Waals surface area contributed by atoms with Gasteiger partial charge in [-0.3, -0.25) is 0 Å². The van der Waals surface area contributed by atoms with Crippen molar-refractivity contribution < 1.29 is 9.90 Å². The van der Waals surface area contributed by atoms with Crippen LogP contribution in [0.4, 0.5) is 5.69 Å². The van der Waals surface area contributed by atoms with E-state index in [-0.39, 0.29) is 17.7 Å². The van der Waals surface area contributed by atoms with E-state index in [0.717, 1.165) is 9.88 Å². The molecule has 7 heteroatoms. The number of carbonyl (C=O) groups is 1. The summed E-state index contributed by atoms with van der Waals surface area (Å²) in [5, 5.41) is 13.3. The van der Waals surface area contributed by atoms with Crippen molar-refractivity contribution in [3.8, 4) is 0 Å². The molecule has 0 bridgehead atoms. The highest BCUT2D eigenvalue weighted by molar-refractivity contribution is 7.11. The van der Waals surface area contributed by atoms with Gasteiger partial charge in [-0.15, -0.1) is 11.3 Å². The predicted octanol–water partition coefficient (Wildman–Crippen LogP) is 3.24. The first-order valence-electron chi connectivity index (χ1n) is 6.67. The fourth-order valence-electron chi connectivity index (χ4n) is 1.81. The van der Waals surface area contributed by atoms with Crippen LogP contribution in [0.15, 0.2) is 12.4 Å². The number of aromatic carboxylic acids is 1. The van der Waals surface area contributed by atoms with Gasteiger partial charge in [-0.2, -0.15) is 0 Å². The highest BCUT2D eigenvalue weighted by atomic mass is 32.1. The second kappa shape index (κ2) is 6.17. The van der Waals surface area contributed by atoms with E-state index in [1.165, 1.54) is 6.20 Å². The maximum absolute atomic E-state index is 11.4. The lowest BCUT2D eigenvalue weighted by Gasteiger charge is -2.15. The first-order valence-corrected chi connectivity index (χ1v) is 7.49. The Hall–Kier alpha value is -2.02. The number of carboxylic acids is 1. The molecule has 0 fully saturated rings. The number of rotatable bonds is 5. The number of nitrogens with one attached hydrogen (secondary N) is 1. The SMILES string of the molecule is Cc1cnc(C(C)Nc2cnc(C(C)C)nc2C(=O)O)s1. The minimum atomic E-state index is -1.07. The van der Waals surface area contributed by atoms with Crippen LogP contribution in [0.5, 0.6) is 0 Å². The zero-order chi connectivity index (χ0) is 15.6. The van der Waals surface area contributed by atoms with Crippen LogP contribution < -0.4 is 5.32 Å². The Morgan fingerprint density at radius 1 is 1.29 bits per heavy atom. The van der Waals surface area contributed by atoms with Gasteiger partial charge < -0.3 is 10.4 Å². The molecule has 0 aliphatic heterocycles. The molecule has 0 aliphatic rings. The van der Waals surface area contributed by atoms with E-state index in [1.807, 2.05) is 27.7 Å². The van der Waals surface area contributed by atoms with E-state index in [0.29, 0.717) is 11.5 Å². The van der Waals surface area contributed by atoms with E-state index in [4.69, 9.17) is 0 Å². The minimum Gasteiger partial charge on any atom is -0.476 e. The number of hydrogen-bond acceptors (Lipinski definition) is 6. The molecule has 1 unspecified atom stereocenters. The van der Waals surface area contributed by atoms with Gasteiger partial charge in [-0.05, 0) is 13.8 Å². The Morgan fingerprint density at radius 2 is 2.00 bits per heavy atom. The molecule has 2 aromatic heterocycles. The molecule has 0 spiro atoms. The maximum atomic E-state index is 11.4. The molecule has 2 N–H and O–H groups in total. The molecule has 2 rings (SSSR count). The Balaban J connectivity index is 2.28. The molecule has 2 heterocycles. The van der Waals surface area contributed by atoms with Crippen molar-refractivity contribution in [2.24, 2.45) is 0 Å². The third-order valence-corrected chi connectivity index (χ3v) is 4.00. The Morgan fingerprint density at radius 3 is 2.52 bits per heavy atom. The zero-order valence-corrected chi connectivity index (χ0v) is 13.2. The number of carboxylic acid groups (broad SMARTS) is 1. The van der Waals surface area contributed by atoms with Crippen molar-refractivity contribution in [2.75, 3.05) is 5.32 Å². The smallest absolute Gasteiger partial charge is 0.356 e. The van der Waals surface area contributed by atoms with Crippen molar-refractivity contribution in [3.05, 3.63) is 33.8 Å². The molecule has 0 saturated heterocycles. The third kappa shape index (κ3) is 3.55. The second-order valence-electron chi connectivity index (χ2n) is 5.13. The van der Waals surface area contributed by atoms with E-state index < -0.39 is 5.97 Å². The maximum Gasteiger partial charge on any atom is 0.356 e. The van der Waals surface area contributed by atoms with Crippen molar-refractivity contribution in [2.45, 2.75) is 39.7 Å². The molecule has 0 amide bonds. The van der Waals surface area contributed by atoms with Crippen LogP contribution in [-0.4, -0.2) is 26.0 Å². The Kier molecular flexibility index (Phi) is 4.52. The van der Waals surface area contributed by atoms with Gasteiger partial charge in [0.15, 0.2) is 5.69 Å². The largest absolute Gasteiger partial charge is 0.476 e. The summed E-state index contributed by atoms with van der Waals surface area (Å²) in [6.45, 7) is 7.77. The van der Waals surface area contributed by atoms with E-state index in [2.05, 4.69) is 20.3 Å². The highest BCUT2D eigenvalue weighted by Gasteiger charge is 2.18. The van der Waals surface area contributed by atoms with E-state index in [1.54, 1.807) is 17.5 Å². The molecule has 0 aliphatic carbocycles. The van der Waals surface area contributed by atoms with Gasteiger partial charge in [0.2, 0.25) is 0 Å². The molecule has 0 radical (unpaired) electrons. The molecule has 0 aromatic carbocycles. The number of thiazole rings is 1. The van der Waals surface area contributed by atoms with Gasteiger partial charge in [-0.1, -0.05) is 13.8 Å². The van der Waals surface area contributed by atoms with Crippen LogP contribution >= 0.6 is 11.3 Å². The van der Waals surface area contributed by atoms with Crippen molar-refractivity contribution in [3.63, 3.8) is 0 Å². The van der Waals surface area contributed by atoms with Crippen molar-refractivity contribution in [1.29, 1.82) is 0 Å². The molecule has 2 aromatic rings. The lowest BCUT2D eigenvalue weighted by Crippen LogP contribution is -2.14. The average Bonchev–Trinajstić information content (AvgIpc) is 2.85. The van der Waals surface area contributed by atoms with Crippen LogP contribution in [0.1, 0.15) is 58.9 Å². The summed E-state index contributed by atoms with van der Waals surface area (Å²) in [5.74, 6) is -0.462. The third-order valence-electron chi connectivity index (χ3n) is 2.91. The van der Waals surface area contributed by atoms with E-state index >= 15 is 0 Å². The monoisotopic (exact) mass is 306 g/mol. The Labute approximate surface area is 127 Å². The van der Waals surface area contributed by atoms with E-state index in [9.17, 15) is 9.90 Å². The molecular formula is C14H18N4O2S. The number of aromatic nitrogens is 3. The molecule has 6 nitrogen and oxygen atoms in total. The van der Waals surface area contributed by atoms with Gasteiger partial charge in [0, 0.05) is 17.0 Å². The number of nitrogens with zero attached hydrogens (tertiary/aromatic N) is 3. The van der Waals surface area contributed by atoms with Gasteiger partial charge in [0.1, 0.15) is 10.8 Å². The second-order valence-corrected chi connectivity index (χ2v) is 6.39. The predicted molar refractivity (Wildman–Crippen MR) is 82.0 cm³/mol. The highest BCUT2D eigenvalue weighted by Crippen LogP contribution is 2.25. The topological polar surface area (TPSA) is 88.0 Å². The van der Waals surface area contributed by atoms with Gasteiger partial charge in [0.05, 0.1) is 17.9 Å². The first-order chi connectivity index (χ1) is 9.88. The molecule has 21 heavy (non-hydrogen) atoms. The fraction of sp³-hybridized carbons (Fsp3) is 0.429. The summed E-state index contributed by atoms with van der Waals surface area (Å²) >= 11 is 1.58.